The first-order chi connectivity index (χ1) is 57.7. The molecule has 0 unspecified atom stereocenters. The molecule has 17 aromatic rings. The fourth-order valence-corrected chi connectivity index (χ4v) is 16.2. The molecular weight excluding hydrogens is 1450 g/mol. The molecule has 18 rings (SSSR count). The van der Waals surface area contributed by atoms with E-state index in [9.17, 15) is 0 Å². The Hall–Kier alpha value is -13.7. The highest BCUT2D eigenvalue weighted by Crippen LogP contribution is 2.48. The fraction of sp³-hybridized carbons (Fsp3) is 0.127. The van der Waals surface area contributed by atoms with Gasteiger partial charge in [0.05, 0.1) is 28.3 Å². The number of nitrogens with zero attached hydrogens (tertiary/aromatic N) is 6. The summed E-state index contributed by atoms with van der Waals surface area (Å²) in [4.78, 5) is 31.0. The molecule has 0 saturated carbocycles. The van der Waals surface area contributed by atoms with Gasteiger partial charge in [-0.2, -0.15) is 0 Å². The normalized spacial score (nSPS) is 13.2. The maximum Gasteiger partial charge on any atom is 0.495 e. The molecule has 4 aromatic heterocycles. The van der Waals surface area contributed by atoms with Crippen LogP contribution in [0, 0.1) is 0 Å². The van der Waals surface area contributed by atoms with Crippen molar-refractivity contribution < 1.29 is 9.31 Å². The van der Waals surface area contributed by atoms with Gasteiger partial charge in [0.2, 0.25) is 0 Å². The Morgan fingerprint density at radius 1 is 0.227 bits per heavy atom. The van der Waals surface area contributed by atoms with Gasteiger partial charge < -0.3 is 9.31 Å². The SMILES string of the molecule is CC(C)(C)c1ccnc(-c2ccc(-c3ccccc3-c3cc(-c4ccccc4-c4ccc(-c5ccc(-c6nc(-c7cccc(-c8ccccc8)c7)nc(-c7cccc(-c8ccccc8)c7)n6)cn5)cc4B4OC(C)(C)C(C)(C)O4)cc(-c4ccccc4-c4ccc(-c5cc(C(C)(C)C)ccn5)cc4-c4ccccc4)c3)c(-c3ccccc3)c2)c1. The number of rotatable bonds is 17. The predicted molar refractivity (Wildman–Crippen MR) is 493 cm³/mol. The Bertz CT molecular complexity index is 6310. The van der Waals surface area contributed by atoms with E-state index in [1.807, 2.05) is 30.7 Å². The Kier molecular flexibility index (Phi) is 20.4. The standard InChI is InChI=1S/C110H91BN6O2/c1-107(2,3)87-57-59-112-102(69-87)78-49-53-95(98(66-78)74-35-19-13-20-36-74)92-46-26-23-43-89(92)84-63-85(90-44-24-27-47-93(90)96-54-50-79(67-99(96)75-37-21-14-22-38-75)103-70-88(58-60-113-103)108(4,5)6)65-86(64-84)91-45-25-28-48-94(91)97-55-51-80(68-100(97)111-118-109(7,8)110(9,10)119-111)101-56-52-83(71-114-101)106-116-104(81-41-29-39-76(61-81)72-31-15-11-16-32-72)115-105(117-106)82-42-30-40-77(62-82)73-33-17-12-18-34-73/h11-71H,1-10H3. The van der Waals surface area contributed by atoms with Gasteiger partial charge in [0, 0.05) is 46.4 Å². The van der Waals surface area contributed by atoms with Crippen LogP contribution in [0.5, 0.6) is 0 Å². The maximum atomic E-state index is 7.16. The van der Waals surface area contributed by atoms with E-state index in [1.165, 1.54) is 11.1 Å². The van der Waals surface area contributed by atoms with E-state index in [0.29, 0.717) is 17.5 Å². The summed E-state index contributed by atoms with van der Waals surface area (Å²) in [7, 11) is -0.752. The molecule has 8 nitrogen and oxygen atoms in total. The molecular formula is C110H91BN6O2. The third-order valence-corrected chi connectivity index (χ3v) is 23.5. The minimum Gasteiger partial charge on any atom is -0.399 e. The lowest BCUT2D eigenvalue weighted by molar-refractivity contribution is 0.00578. The van der Waals surface area contributed by atoms with Gasteiger partial charge in [-0.1, -0.05) is 315 Å². The Morgan fingerprint density at radius 3 is 0.941 bits per heavy atom. The Balaban J connectivity index is 0.794. The molecule has 1 aliphatic heterocycles. The second kappa shape index (κ2) is 31.7. The number of hydrogen-bond donors (Lipinski definition) is 0. The summed E-state index contributed by atoms with van der Waals surface area (Å²) in [5.74, 6) is 1.62. The zero-order valence-corrected chi connectivity index (χ0v) is 68.8. The highest BCUT2D eigenvalue weighted by atomic mass is 16.7. The molecule has 576 valence electrons. The van der Waals surface area contributed by atoms with Gasteiger partial charge in [0.25, 0.3) is 0 Å². The van der Waals surface area contributed by atoms with Gasteiger partial charge in [0.15, 0.2) is 17.5 Å². The van der Waals surface area contributed by atoms with Crippen LogP contribution in [-0.2, 0) is 20.1 Å². The van der Waals surface area contributed by atoms with E-state index in [2.05, 4.69) is 409 Å². The molecule has 0 N–H and O–H groups in total. The zero-order valence-electron chi connectivity index (χ0n) is 68.8. The first-order valence-electron chi connectivity index (χ1n) is 41.0. The summed E-state index contributed by atoms with van der Waals surface area (Å²) in [6.45, 7) is 22.0. The summed E-state index contributed by atoms with van der Waals surface area (Å²) in [5.41, 5.74) is 31.6. The fourth-order valence-electron chi connectivity index (χ4n) is 16.2. The summed E-state index contributed by atoms with van der Waals surface area (Å²) in [6, 6.07) is 126. The van der Waals surface area contributed by atoms with Crippen LogP contribution in [0.2, 0.25) is 0 Å². The first kappa shape index (κ1) is 76.6. The summed E-state index contributed by atoms with van der Waals surface area (Å²) in [6.07, 6.45) is 5.77. The lowest BCUT2D eigenvalue weighted by atomic mass is 9.72. The average Bonchev–Trinajstić information content (AvgIpc) is 1.27. The van der Waals surface area contributed by atoms with Crippen molar-refractivity contribution in [1.29, 1.82) is 0 Å². The van der Waals surface area contributed by atoms with Gasteiger partial charge >= 0.3 is 7.12 Å². The molecule has 1 aliphatic rings. The molecule has 0 atom stereocenters. The molecule has 9 heteroatoms. The topological polar surface area (TPSA) is 95.8 Å². The quantitative estimate of drug-likeness (QED) is 0.0832. The Labute approximate surface area is 699 Å². The van der Waals surface area contributed by atoms with Crippen LogP contribution in [0.3, 0.4) is 0 Å². The van der Waals surface area contributed by atoms with Crippen molar-refractivity contribution in [2.24, 2.45) is 0 Å². The van der Waals surface area contributed by atoms with Gasteiger partial charge in [0.1, 0.15) is 0 Å². The van der Waals surface area contributed by atoms with Crippen LogP contribution >= 0.6 is 0 Å². The second-order valence-electron chi connectivity index (χ2n) is 34.1. The molecule has 5 heterocycles. The predicted octanol–water partition coefficient (Wildman–Crippen LogP) is 27.6. The average molecular weight is 1540 g/mol. The molecule has 0 bridgehead atoms. The molecule has 0 radical (unpaired) electrons. The molecule has 13 aromatic carbocycles. The zero-order chi connectivity index (χ0) is 81.6. The monoisotopic (exact) mass is 1540 g/mol. The minimum absolute atomic E-state index is 0.0558. The van der Waals surface area contributed by atoms with Crippen LogP contribution in [-0.4, -0.2) is 48.2 Å². The van der Waals surface area contributed by atoms with Crippen LogP contribution in [0.25, 0.3) is 179 Å². The lowest BCUT2D eigenvalue weighted by Crippen LogP contribution is -2.41. The van der Waals surface area contributed by atoms with E-state index < -0.39 is 18.3 Å². The summed E-state index contributed by atoms with van der Waals surface area (Å²) < 4.78 is 14.3. The van der Waals surface area contributed by atoms with E-state index in [-0.39, 0.29) is 10.8 Å². The third kappa shape index (κ3) is 15.7. The first-order valence-corrected chi connectivity index (χ1v) is 41.0. The van der Waals surface area contributed by atoms with Crippen molar-refractivity contribution in [3.05, 3.63) is 382 Å². The van der Waals surface area contributed by atoms with Crippen molar-refractivity contribution in [2.75, 3.05) is 0 Å². The number of benzene rings is 13. The smallest absolute Gasteiger partial charge is 0.399 e. The third-order valence-electron chi connectivity index (χ3n) is 23.5. The minimum atomic E-state index is -0.752. The summed E-state index contributed by atoms with van der Waals surface area (Å²) >= 11 is 0. The second-order valence-corrected chi connectivity index (χ2v) is 34.1. The summed E-state index contributed by atoms with van der Waals surface area (Å²) in [5, 5.41) is 0. The lowest BCUT2D eigenvalue weighted by Gasteiger charge is -2.32. The van der Waals surface area contributed by atoms with Crippen LogP contribution in [0.4, 0.5) is 0 Å². The van der Waals surface area contributed by atoms with Gasteiger partial charge in [-0.05, 0) is 251 Å². The van der Waals surface area contributed by atoms with E-state index in [1.54, 1.807) is 0 Å². The van der Waals surface area contributed by atoms with Crippen LogP contribution in [0.1, 0.15) is 80.4 Å². The largest absolute Gasteiger partial charge is 0.495 e. The molecule has 0 spiro atoms. The van der Waals surface area contributed by atoms with E-state index >= 15 is 0 Å². The number of aromatic nitrogens is 6. The van der Waals surface area contributed by atoms with E-state index in [4.69, 9.17) is 39.2 Å². The van der Waals surface area contributed by atoms with Crippen molar-refractivity contribution in [3.63, 3.8) is 0 Å². The van der Waals surface area contributed by atoms with Gasteiger partial charge in [-0.15, -0.1) is 0 Å². The highest BCUT2D eigenvalue weighted by Gasteiger charge is 2.52. The van der Waals surface area contributed by atoms with Gasteiger partial charge in [-0.3, -0.25) is 15.0 Å². The molecule has 0 aliphatic carbocycles. The number of pyridine rings is 3. The molecule has 119 heavy (non-hydrogen) atoms. The molecule has 1 fully saturated rings. The van der Waals surface area contributed by atoms with E-state index in [0.717, 1.165) is 167 Å². The van der Waals surface area contributed by atoms with Crippen LogP contribution in [0.15, 0.2) is 370 Å². The molecule has 0 amide bonds. The van der Waals surface area contributed by atoms with Crippen molar-refractivity contribution in [3.8, 4) is 179 Å². The molecule has 1 saturated heterocycles. The number of hydrogen-bond acceptors (Lipinski definition) is 8. The van der Waals surface area contributed by atoms with Crippen molar-refractivity contribution >= 4 is 12.6 Å². The highest BCUT2D eigenvalue weighted by molar-refractivity contribution is 6.64. The van der Waals surface area contributed by atoms with Gasteiger partial charge in [-0.25, -0.2) is 15.0 Å². The van der Waals surface area contributed by atoms with Crippen molar-refractivity contribution in [2.45, 2.75) is 91.3 Å². The maximum absolute atomic E-state index is 7.16. The van der Waals surface area contributed by atoms with Crippen molar-refractivity contribution in [1.82, 2.24) is 29.9 Å². The Morgan fingerprint density at radius 2 is 0.546 bits per heavy atom. The van der Waals surface area contributed by atoms with Crippen LogP contribution < -0.4 is 5.46 Å².